The molecule has 1 aromatic rings. The normalized spacial score (nSPS) is 11.2. The molecule has 0 atom stereocenters. The molecule has 0 spiro atoms. The van der Waals surface area contributed by atoms with Gasteiger partial charge in [0.25, 0.3) is 11.6 Å². The van der Waals surface area contributed by atoms with Crippen LogP contribution in [0.4, 0.5) is 5.69 Å². The van der Waals surface area contributed by atoms with E-state index in [0.29, 0.717) is 0 Å². The molecule has 0 saturated heterocycles. The van der Waals surface area contributed by atoms with Crippen molar-refractivity contribution < 1.29 is 18.1 Å². The first kappa shape index (κ1) is 17.6. The van der Waals surface area contributed by atoms with Gasteiger partial charge in [-0.2, -0.15) is 0 Å². The SMILES string of the molecule is CS(=O)(=O)NCCNC(=O)c1cc([N+](=O)[O-])cc(Cl)c1Cl. The van der Waals surface area contributed by atoms with Gasteiger partial charge in [0, 0.05) is 25.2 Å². The van der Waals surface area contributed by atoms with Crippen LogP contribution in [0.2, 0.25) is 10.0 Å². The molecule has 1 rings (SSSR count). The van der Waals surface area contributed by atoms with Crippen molar-refractivity contribution in [3.05, 3.63) is 37.9 Å². The molecule has 0 unspecified atom stereocenters. The van der Waals surface area contributed by atoms with Crippen molar-refractivity contribution in [2.24, 2.45) is 0 Å². The fourth-order valence-corrected chi connectivity index (χ4v) is 2.23. The summed E-state index contributed by atoms with van der Waals surface area (Å²) in [7, 11) is -3.36. The minimum absolute atomic E-state index is 0.0114. The van der Waals surface area contributed by atoms with Gasteiger partial charge in [-0.15, -0.1) is 0 Å². The zero-order valence-corrected chi connectivity index (χ0v) is 13.0. The van der Waals surface area contributed by atoms with Crippen LogP contribution in [0.3, 0.4) is 0 Å². The number of carbonyl (C=O) groups excluding carboxylic acids is 1. The van der Waals surface area contributed by atoms with E-state index in [2.05, 4.69) is 10.0 Å². The van der Waals surface area contributed by atoms with Crippen LogP contribution in [0, 0.1) is 10.1 Å². The predicted octanol–water partition coefficient (Wildman–Crippen LogP) is 1.18. The average molecular weight is 356 g/mol. The summed E-state index contributed by atoms with van der Waals surface area (Å²) >= 11 is 11.5. The predicted molar refractivity (Wildman–Crippen MR) is 78.3 cm³/mol. The van der Waals surface area contributed by atoms with Crippen molar-refractivity contribution in [1.29, 1.82) is 0 Å². The van der Waals surface area contributed by atoms with Gasteiger partial charge in [0.15, 0.2) is 0 Å². The molecule has 11 heteroatoms. The zero-order chi connectivity index (χ0) is 16.2. The van der Waals surface area contributed by atoms with Crippen molar-refractivity contribution in [3.8, 4) is 0 Å². The second-order valence-electron chi connectivity index (χ2n) is 3.97. The Labute approximate surface area is 130 Å². The molecule has 21 heavy (non-hydrogen) atoms. The molecule has 0 aromatic heterocycles. The fraction of sp³-hybridized carbons (Fsp3) is 0.300. The molecular formula is C10H11Cl2N3O5S. The van der Waals surface area contributed by atoms with E-state index in [9.17, 15) is 23.3 Å². The lowest BCUT2D eigenvalue weighted by Crippen LogP contribution is -2.34. The van der Waals surface area contributed by atoms with Gasteiger partial charge in [-0.25, -0.2) is 13.1 Å². The summed E-state index contributed by atoms with van der Waals surface area (Å²) in [5, 5.41) is 12.8. The average Bonchev–Trinajstić information content (AvgIpc) is 2.36. The maximum atomic E-state index is 11.9. The van der Waals surface area contributed by atoms with Gasteiger partial charge in [0.05, 0.1) is 26.8 Å². The summed E-state index contributed by atoms with van der Waals surface area (Å²) in [5.74, 6) is -0.694. The maximum absolute atomic E-state index is 11.9. The topological polar surface area (TPSA) is 118 Å². The van der Waals surface area contributed by atoms with Crippen LogP contribution in [-0.2, 0) is 10.0 Å². The van der Waals surface area contributed by atoms with Crippen molar-refractivity contribution in [3.63, 3.8) is 0 Å². The van der Waals surface area contributed by atoms with E-state index >= 15 is 0 Å². The largest absolute Gasteiger partial charge is 0.351 e. The number of nitro benzene ring substituents is 1. The number of nitro groups is 1. The monoisotopic (exact) mass is 355 g/mol. The van der Waals surface area contributed by atoms with E-state index in [4.69, 9.17) is 23.2 Å². The second kappa shape index (κ2) is 7.03. The lowest BCUT2D eigenvalue weighted by atomic mass is 10.2. The summed E-state index contributed by atoms with van der Waals surface area (Å²) in [5.41, 5.74) is -0.529. The Hall–Kier alpha value is -1.42. The third-order valence-electron chi connectivity index (χ3n) is 2.24. The molecule has 2 N–H and O–H groups in total. The first-order valence-electron chi connectivity index (χ1n) is 5.48. The first-order valence-corrected chi connectivity index (χ1v) is 8.13. The van der Waals surface area contributed by atoms with Gasteiger partial charge in [-0.1, -0.05) is 23.2 Å². The highest BCUT2D eigenvalue weighted by Crippen LogP contribution is 2.30. The van der Waals surface area contributed by atoms with Crippen molar-refractivity contribution in [1.82, 2.24) is 10.0 Å². The summed E-state index contributed by atoms with van der Waals surface area (Å²) in [6, 6.07) is 2.03. The molecular weight excluding hydrogens is 345 g/mol. The van der Waals surface area contributed by atoms with E-state index in [-0.39, 0.29) is 34.4 Å². The van der Waals surface area contributed by atoms with Gasteiger partial charge in [0.1, 0.15) is 0 Å². The zero-order valence-electron chi connectivity index (χ0n) is 10.7. The van der Waals surface area contributed by atoms with Crippen LogP contribution in [-0.4, -0.2) is 38.6 Å². The highest BCUT2D eigenvalue weighted by molar-refractivity contribution is 7.88. The quantitative estimate of drug-likeness (QED) is 0.451. The number of carbonyl (C=O) groups is 1. The Morgan fingerprint density at radius 3 is 2.48 bits per heavy atom. The number of sulfonamides is 1. The van der Waals surface area contributed by atoms with E-state index in [1.165, 1.54) is 0 Å². The van der Waals surface area contributed by atoms with E-state index in [1.807, 2.05) is 0 Å². The molecule has 0 saturated carbocycles. The molecule has 0 aliphatic heterocycles. The number of nitrogens with one attached hydrogen (secondary N) is 2. The number of non-ortho nitro benzene ring substituents is 1. The highest BCUT2D eigenvalue weighted by atomic mass is 35.5. The van der Waals surface area contributed by atoms with Crippen molar-refractivity contribution in [2.45, 2.75) is 0 Å². The molecule has 116 valence electrons. The fourth-order valence-electron chi connectivity index (χ4n) is 1.35. The van der Waals surface area contributed by atoms with Crippen LogP contribution in [0.1, 0.15) is 10.4 Å². The maximum Gasteiger partial charge on any atom is 0.271 e. The minimum atomic E-state index is -3.36. The Kier molecular flexibility index (Phi) is 5.90. The van der Waals surface area contributed by atoms with Crippen LogP contribution in [0.5, 0.6) is 0 Å². The third kappa shape index (κ3) is 5.46. The van der Waals surface area contributed by atoms with Crippen LogP contribution in [0.15, 0.2) is 12.1 Å². The molecule has 0 bridgehead atoms. The lowest BCUT2D eigenvalue weighted by molar-refractivity contribution is -0.384. The van der Waals surface area contributed by atoms with Gasteiger partial charge >= 0.3 is 0 Å². The molecule has 1 aromatic carbocycles. The number of rotatable bonds is 6. The Balaban J connectivity index is 2.80. The number of benzene rings is 1. The van der Waals surface area contributed by atoms with E-state index < -0.39 is 20.9 Å². The third-order valence-corrected chi connectivity index (χ3v) is 3.77. The molecule has 8 nitrogen and oxygen atoms in total. The number of amides is 1. The molecule has 0 aliphatic carbocycles. The van der Waals surface area contributed by atoms with Crippen molar-refractivity contribution in [2.75, 3.05) is 19.3 Å². The smallest absolute Gasteiger partial charge is 0.271 e. The van der Waals surface area contributed by atoms with Crippen LogP contribution in [0.25, 0.3) is 0 Å². The lowest BCUT2D eigenvalue weighted by Gasteiger charge is -2.08. The number of hydrogen-bond donors (Lipinski definition) is 2. The van der Waals surface area contributed by atoms with Gasteiger partial charge < -0.3 is 5.32 Å². The number of hydrogen-bond acceptors (Lipinski definition) is 5. The summed E-state index contributed by atoms with van der Waals surface area (Å²) in [4.78, 5) is 21.9. The van der Waals surface area contributed by atoms with Crippen molar-refractivity contribution >= 4 is 44.8 Å². The molecule has 0 aliphatic rings. The molecule has 0 radical (unpaired) electrons. The van der Waals surface area contributed by atoms with Gasteiger partial charge in [-0.05, 0) is 0 Å². The molecule has 0 fully saturated rings. The standard InChI is InChI=1S/C10H11Cl2N3O5S/c1-21(19,20)14-3-2-13-10(16)7-4-6(15(17)18)5-8(11)9(7)12/h4-5,14H,2-3H2,1H3,(H,13,16). The van der Waals surface area contributed by atoms with Crippen LogP contribution < -0.4 is 10.0 Å². The van der Waals surface area contributed by atoms with Gasteiger partial charge in [-0.3, -0.25) is 14.9 Å². The minimum Gasteiger partial charge on any atom is -0.351 e. The number of halogens is 2. The van der Waals surface area contributed by atoms with Gasteiger partial charge in [0.2, 0.25) is 10.0 Å². The highest BCUT2D eigenvalue weighted by Gasteiger charge is 2.19. The summed E-state index contributed by atoms with van der Waals surface area (Å²) in [6.45, 7) is -0.0343. The Bertz CT molecular complexity index is 678. The molecule has 1 amide bonds. The molecule has 0 heterocycles. The Morgan fingerprint density at radius 2 is 1.95 bits per heavy atom. The first-order chi connectivity index (χ1) is 9.61. The van der Waals surface area contributed by atoms with Crippen LogP contribution >= 0.6 is 23.2 Å². The summed E-state index contributed by atoms with van der Waals surface area (Å²) < 4.78 is 23.8. The second-order valence-corrected chi connectivity index (χ2v) is 6.59. The summed E-state index contributed by atoms with van der Waals surface area (Å²) in [6.07, 6.45) is 0.978. The number of nitrogens with zero attached hydrogens (tertiary/aromatic N) is 1. The Morgan fingerprint density at radius 1 is 1.33 bits per heavy atom. The van der Waals surface area contributed by atoms with E-state index in [0.717, 1.165) is 18.4 Å². The van der Waals surface area contributed by atoms with E-state index in [1.54, 1.807) is 0 Å².